The molecule has 0 radical (unpaired) electrons. The molecule has 0 aliphatic rings. The highest BCUT2D eigenvalue weighted by Crippen LogP contribution is 2.24. The van der Waals surface area contributed by atoms with Gasteiger partial charge in [-0.3, -0.25) is 9.59 Å². The normalized spacial score (nSPS) is 11.8. The van der Waals surface area contributed by atoms with Gasteiger partial charge >= 0.3 is 0 Å². The first-order valence-corrected chi connectivity index (χ1v) is 8.81. The lowest BCUT2D eigenvalue weighted by molar-refractivity contribution is -0.128. The maximum Gasteiger partial charge on any atom is 0.242 e. The number of unbranched alkanes of at least 4 members (excludes halogenated alkanes) is 1. The molecule has 0 saturated carbocycles. The summed E-state index contributed by atoms with van der Waals surface area (Å²) in [7, 11) is 0. The molecule has 25 heavy (non-hydrogen) atoms. The molecule has 2 amide bonds. The highest BCUT2D eigenvalue weighted by Gasteiger charge is 2.25. The van der Waals surface area contributed by atoms with Crippen molar-refractivity contribution in [3.63, 3.8) is 0 Å². The zero-order chi connectivity index (χ0) is 18.1. The molecule has 2 rings (SSSR count). The van der Waals surface area contributed by atoms with E-state index in [1.165, 1.54) is 0 Å². The first kappa shape index (κ1) is 18.7. The van der Waals surface area contributed by atoms with Crippen molar-refractivity contribution in [2.75, 3.05) is 6.54 Å². The molecule has 132 valence electrons. The molecule has 0 aromatic heterocycles. The number of amides is 2. The third-order valence-electron chi connectivity index (χ3n) is 4.11. The van der Waals surface area contributed by atoms with Gasteiger partial charge in [-0.25, -0.2) is 0 Å². The molecule has 2 aromatic carbocycles. The van der Waals surface area contributed by atoms with Crippen molar-refractivity contribution in [1.29, 1.82) is 0 Å². The standard InChI is InChI=1S/C21H26N2O2/c1-3-4-15-22-20(24)16(2)23-21(25)19(17-11-7-5-8-12-17)18-13-9-6-10-14-18/h5-14,16,19H,3-4,15H2,1-2H3,(H,22,24)(H,23,25)/t16-/m1/s1. The van der Waals surface area contributed by atoms with Gasteiger partial charge in [0, 0.05) is 6.54 Å². The van der Waals surface area contributed by atoms with E-state index in [2.05, 4.69) is 17.6 Å². The van der Waals surface area contributed by atoms with Gasteiger partial charge in [0.1, 0.15) is 6.04 Å². The van der Waals surface area contributed by atoms with E-state index in [9.17, 15) is 9.59 Å². The Morgan fingerprint density at radius 2 is 1.40 bits per heavy atom. The van der Waals surface area contributed by atoms with Crippen molar-refractivity contribution >= 4 is 11.8 Å². The SMILES string of the molecule is CCCCNC(=O)[C@@H](C)NC(=O)C(c1ccccc1)c1ccccc1. The zero-order valence-corrected chi connectivity index (χ0v) is 14.9. The van der Waals surface area contributed by atoms with Gasteiger partial charge in [0.05, 0.1) is 5.92 Å². The van der Waals surface area contributed by atoms with Crippen LogP contribution in [0, 0.1) is 0 Å². The summed E-state index contributed by atoms with van der Waals surface area (Å²) in [6, 6.07) is 18.7. The minimum Gasteiger partial charge on any atom is -0.354 e. The van der Waals surface area contributed by atoms with Crippen LogP contribution in [-0.2, 0) is 9.59 Å². The van der Waals surface area contributed by atoms with Gasteiger partial charge in [0.2, 0.25) is 11.8 Å². The van der Waals surface area contributed by atoms with Crippen molar-refractivity contribution in [3.8, 4) is 0 Å². The van der Waals surface area contributed by atoms with Crippen LogP contribution < -0.4 is 10.6 Å². The average molecular weight is 338 g/mol. The number of rotatable bonds is 8. The Morgan fingerprint density at radius 3 is 1.88 bits per heavy atom. The quantitative estimate of drug-likeness (QED) is 0.726. The number of nitrogens with one attached hydrogen (secondary N) is 2. The monoisotopic (exact) mass is 338 g/mol. The Bertz CT molecular complexity index is 631. The second kappa shape index (κ2) is 9.62. The first-order valence-electron chi connectivity index (χ1n) is 8.81. The van der Waals surface area contributed by atoms with Crippen LogP contribution in [0.1, 0.15) is 43.7 Å². The number of hydrogen-bond donors (Lipinski definition) is 2. The molecule has 0 heterocycles. The fourth-order valence-corrected chi connectivity index (χ4v) is 2.69. The molecular weight excluding hydrogens is 312 g/mol. The Hall–Kier alpha value is -2.62. The number of hydrogen-bond acceptors (Lipinski definition) is 2. The molecule has 2 N–H and O–H groups in total. The highest BCUT2D eigenvalue weighted by atomic mass is 16.2. The Balaban J connectivity index is 2.12. The maximum absolute atomic E-state index is 12.9. The van der Waals surface area contributed by atoms with Gasteiger partial charge < -0.3 is 10.6 Å². The van der Waals surface area contributed by atoms with E-state index < -0.39 is 12.0 Å². The van der Waals surface area contributed by atoms with Crippen LogP contribution >= 0.6 is 0 Å². The molecule has 4 nitrogen and oxygen atoms in total. The summed E-state index contributed by atoms with van der Waals surface area (Å²) >= 11 is 0. The lowest BCUT2D eigenvalue weighted by atomic mass is 9.90. The van der Waals surface area contributed by atoms with Crippen LogP contribution in [0.5, 0.6) is 0 Å². The first-order chi connectivity index (χ1) is 12.1. The summed E-state index contributed by atoms with van der Waals surface area (Å²) in [6.45, 7) is 4.42. The van der Waals surface area contributed by atoms with Gasteiger partial charge in [0.25, 0.3) is 0 Å². The molecular formula is C21H26N2O2. The van der Waals surface area contributed by atoms with Gasteiger partial charge in [-0.05, 0) is 24.5 Å². The van der Waals surface area contributed by atoms with Crippen LogP contribution in [0.15, 0.2) is 60.7 Å². The third-order valence-corrected chi connectivity index (χ3v) is 4.11. The zero-order valence-electron chi connectivity index (χ0n) is 14.9. The van der Waals surface area contributed by atoms with Crippen LogP contribution in [-0.4, -0.2) is 24.4 Å². The lowest BCUT2D eigenvalue weighted by Crippen LogP contribution is -2.46. The number of carbonyl (C=O) groups is 2. The van der Waals surface area contributed by atoms with Gasteiger partial charge in [-0.1, -0.05) is 74.0 Å². The van der Waals surface area contributed by atoms with E-state index >= 15 is 0 Å². The highest BCUT2D eigenvalue weighted by molar-refractivity contribution is 5.92. The molecule has 2 aromatic rings. The van der Waals surface area contributed by atoms with E-state index in [4.69, 9.17) is 0 Å². The fourth-order valence-electron chi connectivity index (χ4n) is 2.69. The van der Waals surface area contributed by atoms with Crippen molar-refractivity contribution in [2.24, 2.45) is 0 Å². The molecule has 0 spiro atoms. The molecule has 0 aliphatic heterocycles. The van der Waals surface area contributed by atoms with Gasteiger partial charge in [-0.2, -0.15) is 0 Å². The van der Waals surface area contributed by atoms with Gasteiger partial charge in [0.15, 0.2) is 0 Å². The van der Waals surface area contributed by atoms with Gasteiger partial charge in [-0.15, -0.1) is 0 Å². The van der Waals surface area contributed by atoms with E-state index in [1.807, 2.05) is 60.7 Å². The summed E-state index contributed by atoms with van der Waals surface area (Å²) in [4.78, 5) is 25.0. The molecule has 4 heteroatoms. The summed E-state index contributed by atoms with van der Waals surface area (Å²) in [5.41, 5.74) is 1.81. The average Bonchev–Trinajstić information content (AvgIpc) is 2.63. The van der Waals surface area contributed by atoms with E-state index in [1.54, 1.807) is 6.92 Å². The summed E-state index contributed by atoms with van der Waals surface area (Å²) in [5.74, 6) is -0.759. The Labute approximate surface area is 149 Å². The van der Waals surface area contributed by atoms with E-state index in [-0.39, 0.29) is 11.8 Å². The van der Waals surface area contributed by atoms with Crippen molar-refractivity contribution in [1.82, 2.24) is 10.6 Å². The van der Waals surface area contributed by atoms with E-state index in [0.717, 1.165) is 24.0 Å². The lowest BCUT2D eigenvalue weighted by Gasteiger charge is -2.21. The predicted octanol–water partition coefficient (Wildman–Crippen LogP) is 3.24. The van der Waals surface area contributed by atoms with Crippen molar-refractivity contribution < 1.29 is 9.59 Å². The molecule has 1 atom stereocenters. The Kier molecular flexibility index (Phi) is 7.20. The van der Waals surface area contributed by atoms with E-state index in [0.29, 0.717) is 6.54 Å². The summed E-state index contributed by atoms with van der Waals surface area (Å²) in [5, 5.41) is 5.71. The largest absolute Gasteiger partial charge is 0.354 e. The maximum atomic E-state index is 12.9. The fraction of sp³-hybridized carbons (Fsp3) is 0.333. The molecule has 0 fully saturated rings. The Morgan fingerprint density at radius 1 is 0.880 bits per heavy atom. The molecule has 0 unspecified atom stereocenters. The van der Waals surface area contributed by atoms with Crippen LogP contribution in [0.25, 0.3) is 0 Å². The second-order valence-electron chi connectivity index (χ2n) is 6.13. The minimum absolute atomic E-state index is 0.151. The van der Waals surface area contributed by atoms with Crippen LogP contribution in [0.2, 0.25) is 0 Å². The topological polar surface area (TPSA) is 58.2 Å². The van der Waals surface area contributed by atoms with Crippen LogP contribution in [0.4, 0.5) is 0 Å². The second-order valence-corrected chi connectivity index (χ2v) is 6.13. The molecule has 0 aliphatic carbocycles. The number of carbonyl (C=O) groups excluding carboxylic acids is 2. The summed E-state index contributed by atoms with van der Waals surface area (Å²) in [6.07, 6.45) is 1.95. The smallest absolute Gasteiger partial charge is 0.242 e. The predicted molar refractivity (Wildman–Crippen MR) is 100 cm³/mol. The third kappa shape index (κ3) is 5.45. The van der Waals surface area contributed by atoms with Crippen molar-refractivity contribution in [2.45, 2.75) is 38.6 Å². The summed E-state index contributed by atoms with van der Waals surface area (Å²) < 4.78 is 0. The van der Waals surface area contributed by atoms with Crippen LogP contribution in [0.3, 0.4) is 0 Å². The molecule has 0 bridgehead atoms. The van der Waals surface area contributed by atoms with Crippen molar-refractivity contribution in [3.05, 3.63) is 71.8 Å². The number of benzene rings is 2. The minimum atomic E-state index is -0.570. The molecule has 0 saturated heterocycles.